The highest BCUT2D eigenvalue weighted by Gasteiger charge is 2.44. The Labute approximate surface area is 262 Å². The number of nitrogens with zero attached hydrogens (tertiary/aromatic N) is 2. The summed E-state index contributed by atoms with van der Waals surface area (Å²) in [4.78, 5) is 68.7. The van der Waals surface area contributed by atoms with Crippen LogP contribution in [-0.4, -0.2) is 106 Å². The summed E-state index contributed by atoms with van der Waals surface area (Å²) in [6.45, 7) is 0.966. The van der Waals surface area contributed by atoms with Crippen molar-refractivity contribution in [1.29, 1.82) is 0 Å². The van der Waals surface area contributed by atoms with Crippen molar-refractivity contribution >= 4 is 54.0 Å². The van der Waals surface area contributed by atoms with E-state index in [1.54, 1.807) is 0 Å². The second-order valence-corrected chi connectivity index (χ2v) is 12.3. The van der Waals surface area contributed by atoms with Crippen LogP contribution in [0.25, 0.3) is 0 Å². The number of thiol groups is 1. The van der Waals surface area contributed by atoms with Gasteiger partial charge in [-0.15, -0.1) is 0 Å². The van der Waals surface area contributed by atoms with Crippen LogP contribution in [0.4, 0.5) is 0 Å². The zero-order valence-electron chi connectivity index (χ0n) is 24.6. The van der Waals surface area contributed by atoms with Gasteiger partial charge in [0.15, 0.2) is 0 Å². The van der Waals surface area contributed by atoms with E-state index in [-0.39, 0.29) is 31.0 Å². The lowest BCUT2D eigenvalue weighted by Crippen LogP contribution is -2.60. The maximum atomic E-state index is 14.1. The minimum absolute atomic E-state index is 0.0201. The summed E-state index contributed by atoms with van der Waals surface area (Å²) in [6.07, 6.45) is 5.16. The number of nitrogens with two attached hydrogens (primary N) is 2. The largest absolute Gasteiger partial charge is 0.480 e. The van der Waals surface area contributed by atoms with E-state index in [4.69, 9.17) is 11.5 Å². The zero-order valence-corrected chi connectivity index (χ0v) is 26.3. The van der Waals surface area contributed by atoms with Crippen molar-refractivity contribution in [3.8, 4) is 0 Å². The summed E-state index contributed by atoms with van der Waals surface area (Å²) in [5.41, 5.74) is 13.3. The molecule has 12 nitrogen and oxygen atoms in total. The molecule has 4 amide bonds. The third-order valence-electron chi connectivity index (χ3n) is 7.98. The lowest BCUT2D eigenvalue weighted by Gasteiger charge is -2.39. The minimum atomic E-state index is -1.14. The van der Waals surface area contributed by atoms with E-state index in [1.165, 1.54) is 21.6 Å². The molecule has 2 aliphatic rings. The van der Waals surface area contributed by atoms with Crippen LogP contribution < -0.4 is 22.1 Å². The number of carbonyl (C=O) groups is 5. The quantitative estimate of drug-likeness (QED) is 0.115. The smallest absolute Gasteiger partial charge is 0.326 e. The lowest BCUT2D eigenvalue weighted by atomic mass is 9.92. The van der Waals surface area contributed by atoms with Gasteiger partial charge in [-0.3, -0.25) is 19.2 Å². The van der Waals surface area contributed by atoms with Crippen LogP contribution in [0.5, 0.6) is 0 Å². The number of rotatable bonds is 15. The molecule has 2 aliphatic heterocycles. The number of carboxylic acids is 1. The van der Waals surface area contributed by atoms with Gasteiger partial charge in [0, 0.05) is 25.3 Å². The highest BCUT2D eigenvalue weighted by atomic mass is 32.2. The number of aliphatic carboxylic acids is 1. The molecule has 238 valence electrons. The van der Waals surface area contributed by atoms with Crippen molar-refractivity contribution in [2.75, 3.05) is 30.9 Å². The molecule has 7 N–H and O–H groups in total. The summed E-state index contributed by atoms with van der Waals surface area (Å²) in [7, 11) is 0. The normalized spacial score (nSPS) is 20.1. The highest BCUT2D eigenvalue weighted by Crippen LogP contribution is 2.28. The van der Waals surface area contributed by atoms with Gasteiger partial charge in [0.05, 0.1) is 6.04 Å². The Kier molecular flexibility index (Phi) is 13.6. The van der Waals surface area contributed by atoms with Crippen molar-refractivity contribution in [3.63, 3.8) is 0 Å². The average Bonchev–Trinajstić information content (AvgIpc) is 3.50. The number of hydrogen-bond acceptors (Lipinski definition) is 9. The molecule has 0 unspecified atom stereocenters. The van der Waals surface area contributed by atoms with Crippen LogP contribution in [0.3, 0.4) is 0 Å². The molecule has 14 heteroatoms. The summed E-state index contributed by atoms with van der Waals surface area (Å²) in [5, 5.41) is 15.0. The third kappa shape index (κ3) is 9.10. The Balaban J connectivity index is 1.79. The van der Waals surface area contributed by atoms with Gasteiger partial charge in [-0.2, -0.15) is 24.4 Å². The summed E-state index contributed by atoms with van der Waals surface area (Å²) >= 11 is 5.77. The number of carboxylic acid groups (broad SMARTS) is 1. The number of unbranched alkanes of at least 4 members (excludes halogenated alkanes) is 1. The second-order valence-electron chi connectivity index (χ2n) is 11.0. The van der Waals surface area contributed by atoms with E-state index in [9.17, 15) is 29.1 Å². The van der Waals surface area contributed by atoms with Gasteiger partial charge in [0.1, 0.15) is 24.2 Å². The van der Waals surface area contributed by atoms with E-state index in [0.29, 0.717) is 44.5 Å². The third-order valence-corrected chi connectivity index (χ3v) is 8.99. The number of carbonyl (C=O) groups excluding carboxylic acids is 4. The zero-order chi connectivity index (χ0) is 31.5. The van der Waals surface area contributed by atoms with E-state index >= 15 is 0 Å². The fourth-order valence-corrected chi connectivity index (χ4v) is 6.25. The standard InChI is InChI=1S/C29H44N6O6S2/c1-43-14-11-21(29(40)41)32-26(37)24-15-18-7-2-3-8-19(18)16-35(24)28(39)23-10-6-13-34(23)27(38)22(17-42)33-25(36)20(31)9-4-5-12-30/h2-3,7-8,20-24,42H,4-6,9-17,30-31H2,1H3,(H,32,37)(H,33,36)(H,40,41)/t20-,21-,22-,23-,24+/m0/s1. The number of likely N-dealkylation sites (tertiary alicyclic amines) is 1. The van der Waals surface area contributed by atoms with Gasteiger partial charge >= 0.3 is 5.97 Å². The number of fused-ring (bicyclic) bond motifs is 1. The second kappa shape index (κ2) is 16.9. The monoisotopic (exact) mass is 636 g/mol. The number of nitrogens with one attached hydrogen (secondary N) is 2. The van der Waals surface area contributed by atoms with E-state index in [1.807, 2.05) is 30.5 Å². The Morgan fingerprint density at radius 2 is 1.77 bits per heavy atom. The van der Waals surface area contributed by atoms with E-state index in [2.05, 4.69) is 23.3 Å². The predicted octanol–water partition coefficient (Wildman–Crippen LogP) is 0.124. The predicted molar refractivity (Wildman–Crippen MR) is 168 cm³/mol. The molecule has 1 aromatic carbocycles. The number of hydrogen-bond donors (Lipinski definition) is 6. The Morgan fingerprint density at radius 1 is 1.05 bits per heavy atom. The molecule has 1 fully saturated rings. The molecular formula is C29H44N6O6S2. The van der Waals surface area contributed by atoms with Crippen molar-refractivity contribution in [2.45, 2.75) is 81.7 Å². The SMILES string of the molecule is CSCC[C@H](NC(=O)[C@H]1Cc2ccccc2CN1C(=O)[C@@H]1CCCN1C(=O)[C@H](CS)NC(=O)[C@@H](N)CCCCN)C(=O)O. The first-order valence-electron chi connectivity index (χ1n) is 14.7. The Hall–Kier alpha value is -2.81. The molecule has 1 aromatic rings. The summed E-state index contributed by atoms with van der Waals surface area (Å²) < 4.78 is 0. The lowest BCUT2D eigenvalue weighted by molar-refractivity contribution is -0.151. The van der Waals surface area contributed by atoms with Crippen molar-refractivity contribution < 1.29 is 29.1 Å². The van der Waals surface area contributed by atoms with Gasteiger partial charge in [0.2, 0.25) is 23.6 Å². The van der Waals surface area contributed by atoms with Gasteiger partial charge in [-0.25, -0.2) is 4.79 Å². The van der Waals surface area contributed by atoms with Crippen LogP contribution >= 0.6 is 24.4 Å². The number of amides is 4. The number of benzene rings is 1. The Bertz CT molecular complexity index is 1160. The molecule has 0 saturated carbocycles. The molecular weight excluding hydrogens is 592 g/mol. The molecule has 0 aromatic heterocycles. The van der Waals surface area contributed by atoms with Gasteiger partial charge < -0.3 is 37.0 Å². The van der Waals surface area contributed by atoms with Gasteiger partial charge in [0.25, 0.3) is 0 Å². The Morgan fingerprint density at radius 3 is 2.42 bits per heavy atom. The fraction of sp³-hybridized carbons (Fsp3) is 0.621. The average molecular weight is 637 g/mol. The van der Waals surface area contributed by atoms with Crippen molar-refractivity contribution in [2.24, 2.45) is 11.5 Å². The van der Waals surface area contributed by atoms with Crippen molar-refractivity contribution in [3.05, 3.63) is 35.4 Å². The van der Waals surface area contributed by atoms with Gasteiger partial charge in [-0.1, -0.05) is 30.7 Å². The van der Waals surface area contributed by atoms with E-state index < -0.39 is 53.9 Å². The maximum Gasteiger partial charge on any atom is 0.326 e. The molecule has 5 atom stereocenters. The molecule has 2 heterocycles. The van der Waals surface area contributed by atoms with Gasteiger partial charge in [-0.05, 0) is 61.8 Å². The number of thioether (sulfide) groups is 1. The maximum absolute atomic E-state index is 14.1. The molecule has 0 spiro atoms. The fourth-order valence-electron chi connectivity index (χ4n) is 5.53. The van der Waals surface area contributed by atoms with Crippen LogP contribution in [-0.2, 0) is 36.9 Å². The first-order valence-corrected chi connectivity index (χ1v) is 16.7. The van der Waals surface area contributed by atoms with E-state index in [0.717, 1.165) is 17.5 Å². The molecule has 0 radical (unpaired) electrons. The molecule has 1 saturated heterocycles. The summed E-state index contributed by atoms with van der Waals surface area (Å²) in [5.74, 6) is -2.40. The minimum Gasteiger partial charge on any atom is -0.480 e. The topological polar surface area (TPSA) is 188 Å². The molecule has 0 bridgehead atoms. The highest BCUT2D eigenvalue weighted by molar-refractivity contribution is 7.98. The first-order chi connectivity index (χ1) is 20.6. The first kappa shape index (κ1) is 34.7. The molecule has 3 rings (SSSR count). The van der Waals surface area contributed by atoms with Crippen LogP contribution in [0.15, 0.2) is 24.3 Å². The molecule has 43 heavy (non-hydrogen) atoms. The van der Waals surface area contributed by atoms with Crippen LogP contribution in [0.2, 0.25) is 0 Å². The van der Waals surface area contributed by atoms with Crippen LogP contribution in [0, 0.1) is 0 Å². The summed E-state index contributed by atoms with van der Waals surface area (Å²) in [6, 6.07) is 2.87. The van der Waals surface area contributed by atoms with Crippen molar-refractivity contribution in [1.82, 2.24) is 20.4 Å². The molecule has 0 aliphatic carbocycles. The van der Waals surface area contributed by atoms with Crippen LogP contribution in [0.1, 0.15) is 49.7 Å².